The van der Waals surface area contributed by atoms with Crippen molar-refractivity contribution in [2.24, 2.45) is 11.7 Å². The van der Waals surface area contributed by atoms with Gasteiger partial charge in [0.15, 0.2) is 0 Å². The van der Waals surface area contributed by atoms with Crippen molar-refractivity contribution in [2.75, 3.05) is 13.1 Å². The van der Waals surface area contributed by atoms with Gasteiger partial charge in [0.2, 0.25) is 0 Å². The lowest BCUT2D eigenvalue weighted by Crippen LogP contribution is -2.52. The van der Waals surface area contributed by atoms with Gasteiger partial charge in [0.05, 0.1) is 0 Å². The molecule has 1 aliphatic heterocycles. The van der Waals surface area contributed by atoms with Crippen LogP contribution in [0.4, 0.5) is 4.79 Å². The summed E-state index contributed by atoms with van der Waals surface area (Å²) in [5.74, 6) is -1.29. The predicted octanol–water partition coefficient (Wildman–Crippen LogP) is 1.05. The molecule has 1 heterocycles. The summed E-state index contributed by atoms with van der Waals surface area (Å²) in [5, 5.41) is 9.05. The van der Waals surface area contributed by atoms with Crippen LogP contribution in [0.3, 0.4) is 0 Å². The quantitative estimate of drug-likeness (QED) is 0.772. The first-order chi connectivity index (χ1) is 8.04. The van der Waals surface area contributed by atoms with Gasteiger partial charge in [0.25, 0.3) is 0 Å². The van der Waals surface area contributed by atoms with Crippen molar-refractivity contribution in [1.82, 2.24) is 4.90 Å². The van der Waals surface area contributed by atoms with Gasteiger partial charge in [-0.15, -0.1) is 0 Å². The van der Waals surface area contributed by atoms with Gasteiger partial charge in [-0.25, -0.2) is 4.79 Å². The minimum Gasteiger partial charge on any atom is -0.480 e. The zero-order chi connectivity index (χ0) is 14.1. The first-order valence-electron chi connectivity index (χ1n) is 6.04. The van der Waals surface area contributed by atoms with Crippen LogP contribution < -0.4 is 5.73 Å². The van der Waals surface area contributed by atoms with E-state index in [1.165, 1.54) is 11.8 Å². The Morgan fingerprint density at radius 2 is 1.89 bits per heavy atom. The van der Waals surface area contributed by atoms with Crippen LogP contribution in [0.15, 0.2) is 0 Å². The molecular weight excluding hydrogens is 236 g/mol. The number of rotatable bonds is 2. The summed E-state index contributed by atoms with van der Waals surface area (Å²) in [5.41, 5.74) is 3.92. The Bertz CT molecular complexity index is 346. The van der Waals surface area contributed by atoms with E-state index in [9.17, 15) is 9.59 Å². The standard InChI is InChI=1S/C12H22N2O4/c1-11(2,3)18-10(17)14-6-5-8(7-14)12(4,13)9(15)16/h8H,5-7,13H2,1-4H3,(H,15,16). The summed E-state index contributed by atoms with van der Waals surface area (Å²) < 4.78 is 5.24. The summed E-state index contributed by atoms with van der Waals surface area (Å²) in [4.78, 5) is 24.4. The highest BCUT2D eigenvalue weighted by molar-refractivity contribution is 5.78. The number of hydrogen-bond acceptors (Lipinski definition) is 4. The lowest BCUT2D eigenvalue weighted by molar-refractivity contribution is -0.144. The van der Waals surface area contributed by atoms with Crippen LogP contribution >= 0.6 is 0 Å². The smallest absolute Gasteiger partial charge is 0.410 e. The van der Waals surface area contributed by atoms with Crippen molar-refractivity contribution in [3.63, 3.8) is 0 Å². The van der Waals surface area contributed by atoms with Crippen LogP contribution in [0, 0.1) is 5.92 Å². The molecule has 0 aromatic rings. The second kappa shape index (κ2) is 4.76. The molecule has 6 nitrogen and oxygen atoms in total. The zero-order valence-corrected chi connectivity index (χ0v) is 11.4. The second-order valence-electron chi connectivity index (χ2n) is 6.00. The third-order valence-corrected chi connectivity index (χ3v) is 3.15. The molecule has 1 saturated heterocycles. The molecule has 0 aromatic carbocycles. The van der Waals surface area contributed by atoms with Crippen LogP contribution in [0.5, 0.6) is 0 Å². The Hall–Kier alpha value is -1.30. The van der Waals surface area contributed by atoms with Crippen molar-refractivity contribution in [3.05, 3.63) is 0 Å². The molecule has 1 amide bonds. The second-order valence-corrected chi connectivity index (χ2v) is 6.00. The van der Waals surface area contributed by atoms with Crippen LogP contribution in [0.25, 0.3) is 0 Å². The molecule has 1 fully saturated rings. The van der Waals surface area contributed by atoms with Gasteiger partial charge in [-0.05, 0) is 34.1 Å². The van der Waals surface area contributed by atoms with Crippen molar-refractivity contribution in [2.45, 2.75) is 45.3 Å². The van der Waals surface area contributed by atoms with Gasteiger partial charge < -0.3 is 20.5 Å². The minimum absolute atomic E-state index is 0.248. The maximum Gasteiger partial charge on any atom is 0.410 e. The predicted molar refractivity (Wildman–Crippen MR) is 66.1 cm³/mol. The van der Waals surface area contributed by atoms with E-state index < -0.39 is 23.2 Å². The summed E-state index contributed by atoms with van der Waals surface area (Å²) in [6, 6.07) is 0. The number of carbonyl (C=O) groups is 2. The third kappa shape index (κ3) is 3.35. The van der Waals surface area contributed by atoms with Gasteiger partial charge >= 0.3 is 12.1 Å². The molecule has 0 aliphatic carbocycles. The van der Waals surface area contributed by atoms with Crippen molar-refractivity contribution in [3.8, 4) is 0 Å². The van der Waals surface area contributed by atoms with E-state index in [-0.39, 0.29) is 5.92 Å². The van der Waals surface area contributed by atoms with Crippen LogP contribution in [-0.2, 0) is 9.53 Å². The van der Waals surface area contributed by atoms with Gasteiger partial charge in [-0.2, -0.15) is 0 Å². The molecule has 0 aromatic heterocycles. The Morgan fingerprint density at radius 3 is 2.33 bits per heavy atom. The average molecular weight is 258 g/mol. The van der Waals surface area contributed by atoms with E-state index in [1.807, 2.05) is 0 Å². The molecule has 104 valence electrons. The molecular formula is C12H22N2O4. The molecule has 0 saturated carbocycles. The fraction of sp³-hybridized carbons (Fsp3) is 0.833. The average Bonchev–Trinajstić information content (AvgIpc) is 2.63. The highest BCUT2D eigenvalue weighted by atomic mass is 16.6. The lowest BCUT2D eigenvalue weighted by Gasteiger charge is -2.28. The molecule has 2 unspecified atom stereocenters. The van der Waals surface area contributed by atoms with Gasteiger partial charge in [0, 0.05) is 19.0 Å². The van der Waals surface area contributed by atoms with Gasteiger partial charge in [0.1, 0.15) is 11.1 Å². The normalized spacial score (nSPS) is 23.6. The topological polar surface area (TPSA) is 92.9 Å². The first-order valence-corrected chi connectivity index (χ1v) is 6.04. The van der Waals surface area contributed by atoms with E-state index in [4.69, 9.17) is 15.6 Å². The van der Waals surface area contributed by atoms with Crippen LogP contribution in [-0.4, -0.2) is 46.3 Å². The Balaban J connectivity index is 2.62. The molecule has 0 radical (unpaired) electrons. The molecule has 0 spiro atoms. The van der Waals surface area contributed by atoms with E-state index >= 15 is 0 Å². The number of carboxylic acids is 1. The highest BCUT2D eigenvalue weighted by Gasteiger charge is 2.43. The highest BCUT2D eigenvalue weighted by Crippen LogP contribution is 2.27. The molecule has 18 heavy (non-hydrogen) atoms. The van der Waals surface area contributed by atoms with E-state index in [0.29, 0.717) is 19.5 Å². The number of aliphatic carboxylic acids is 1. The molecule has 2 atom stereocenters. The summed E-state index contributed by atoms with van der Waals surface area (Å²) in [6.07, 6.45) is 0.171. The van der Waals surface area contributed by atoms with Crippen LogP contribution in [0.2, 0.25) is 0 Å². The number of amides is 1. The molecule has 1 aliphatic rings. The lowest BCUT2D eigenvalue weighted by atomic mass is 9.86. The summed E-state index contributed by atoms with van der Waals surface area (Å²) in [7, 11) is 0. The number of nitrogens with two attached hydrogens (primary N) is 1. The molecule has 0 bridgehead atoms. The van der Waals surface area contributed by atoms with Crippen molar-refractivity contribution in [1.29, 1.82) is 0 Å². The number of hydrogen-bond donors (Lipinski definition) is 2. The van der Waals surface area contributed by atoms with Crippen LogP contribution in [0.1, 0.15) is 34.1 Å². The van der Waals surface area contributed by atoms with Crippen molar-refractivity contribution >= 4 is 12.1 Å². The number of ether oxygens (including phenoxy) is 1. The Labute approximate surface area is 107 Å². The summed E-state index contributed by atoms with van der Waals surface area (Å²) >= 11 is 0. The largest absolute Gasteiger partial charge is 0.480 e. The fourth-order valence-electron chi connectivity index (χ4n) is 1.92. The maximum atomic E-state index is 11.8. The van der Waals surface area contributed by atoms with Gasteiger partial charge in [-0.3, -0.25) is 4.79 Å². The number of carboxylic acid groups (broad SMARTS) is 1. The van der Waals surface area contributed by atoms with E-state index in [0.717, 1.165) is 0 Å². The zero-order valence-electron chi connectivity index (χ0n) is 11.4. The number of nitrogens with zero attached hydrogens (tertiary/aromatic N) is 1. The van der Waals surface area contributed by atoms with Crippen molar-refractivity contribution < 1.29 is 19.4 Å². The molecule has 1 rings (SSSR count). The molecule has 3 N–H and O–H groups in total. The maximum absolute atomic E-state index is 11.8. The van der Waals surface area contributed by atoms with Gasteiger partial charge in [-0.1, -0.05) is 0 Å². The minimum atomic E-state index is -1.31. The Kier molecular flexibility index (Phi) is 3.90. The van der Waals surface area contributed by atoms with E-state index in [2.05, 4.69) is 0 Å². The monoisotopic (exact) mass is 258 g/mol. The molecule has 6 heteroatoms. The summed E-state index contributed by atoms with van der Waals surface area (Å²) in [6.45, 7) is 7.68. The fourth-order valence-corrected chi connectivity index (χ4v) is 1.92. The van der Waals surface area contributed by atoms with E-state index in [1.54, 1.807) is 20.8 Å². The number of carbonyl (C=O) groups excluding carboxylic acids is 1. The first kappa shape index (κ1) is 14.8. The third-order valence-electron chi connectivity index (χ3n) is 3.15. The Morgan fingerprint density at radius 1 is 1.33 bits per heavy atom. The SMILES string of the molecule is CC(C)(C)OC(=O)N1CCC(C(C)(N)C(=O)O)C1. The number of likely N-dealkylation sites (tertiary alicyclic amines) is 1.